The Bertz CT molecular complexity index is 92.9. The van der Waals surface area contributed by atoms with Gasteiger partial charge in [0.1, 0.15) is 0 Å². The van der Waals surface area contributed by atoms with Crippen molar-refractivity contribution in [3.05, 3.63) is 0 Å². The first-order chi connectivity index (χ1) is 4.25. The summed E-state index contributed by atoms with van der Waals surface area (Å²) in [6.07, 6.45) is 1.69. The van der Waals surface area contributed by atoms with E-state index in [1.807, 2.05) is 6.92 Å². The molecule has 1 saturated carbocycles. The maximum absolute atomic E-state index is 9.19. The van der Waals surface area contributed by atoms with E-state index < -0.39 is 0 Å². The zero-order valence-corrected chi connectivity index (χ0v) is 5.75. The minimum absolute atomic E-state index is 0.165. The van der Waals surface area contributed by atoms with E-state index in [-0.39, 0.29) is 12.7 Å². The Morgan fingerprint density at radius 3 is 2.33 bits per heavy atom. The molecule has 0 amide bonds. The number of hydrogen-bond donors (Lipinski definition) is 2. The van der Waals surface area contributed by atoms with Crippen LogP contribution in [0.25, 0.3) is 0 Å². The lowest BCUT2D eigenvalue weighted by Crippen LogP contribution is -2.17. The minimum atomic E-state index is -0.165. The Labute approximate surface area is 55.5 Å². The maximum atomic E-state index is 9.19. The van der Waals surface area contributed by atoms with Crippen molar-refractivity contribution in [3.63, 3.8) is 0 Å². The molecule has 2 heteroatoms. The van der Waals surface area contributed by atoms with Crippen molar-refractivity contribution in [1.29, 1.82) is 0 Å². The first-order valence-corrected chi connectivity index (χ1v) is 3.54. The average molecular weight is 130 g/mol. The van der Waals surface area contributed by atoms with Crippen LogP contribution in [0.2, 0.25) is 0 Å². The molecule has 0 aromatic heterocycles. The Morgan fingerprint density at radius 1 is 1.44 bits per heavy atom. The lowest BCUT2D eigenvalue weighted by molar-refractivity contribution is 0.108. The summed E-state index contributed by atoms with van der Waals surface area (Å²) in [5.74, 6) is 0.648. The van der Waals surface area contributed by atoms with Gasteiger partial charge in [-0.2, -0.15) is 0 Å². The molecular weight excluding hydrogens is 116 g/mol. The fourth-order valence-corrected chi connectivity index (χ4v) is 1.48. The van der Waals surface area contributed by atoms with Gasteiger partial charge in [0.15, 0.2) is 0 Å². The summed E-state index contributed by atoms with van der Waals surface area (Å²) in [6.45, 7) is 2.23. The summed E-state index contributed by atoms with van der Waals surface area (Å²) in [7, 11) is 0. The Morgan fingerprint density at radius 2 is 2.11 bits per heavy atom. The van der Waals surface area contributed by atoms with Crippen LogP contribution in [0.15, 0.2) is 0 Å². The minimum Gasteiger partial charge on any atom is -0.396 e. The molecule has 0 radical (unpaired) electrons. The van der Waals surface area contributed by atoms with Crippen molar-refractivity contribution in [2.45, 2.75) is 25.9 Å². The van der Waals surface area contributed by atoms with Gasteiger partial charge < -0.3 is 10.2 Å². The molecule has 3 atom stereocenters. The average Bonchev–Trinajstić information content (AvgIpc) is 2.15. The van der Waals surface area contributed by atoms with Crippen LogP contribution in [0.5, 0.6) is 0 Å². The van der Waals surface area contributed by atoms with Gasteiger partial charge in [-0.15, -0.1) is 0 Å². The van der Waals surface area contributed by atoms with Gasteiger partial charge in [0, 0.05) is 6.61 Å². The molecule has 1 rings (SSSR count). The molecule has 0 bridgehead atoms. The second-order valence-corrected chi connectivity index (χ2v) is 2.95. The van der Waals surface area contributed by atoms with Gasteiger partial charge in [0.25, 0.3) is 0 Å². The molecule has 0 spiro atoms. The number of aliphatic hydroxyl groups excluding tert-OH is 2. The van der Waals surface area contributed by atoms with E-state index >= 15 is 0 Å². The maximum Gasteiger partial charge on any atom is 0.0569 e. The number of rotatable bonds is 1. The third-order valence-electron chi connectivity index (χ3n) is 2.42. The SMILES string of the molecule is C[C@@H]1C(O)CC[C@H]1CO. The summed E-state index contributed by atoms with van der Waals surface area (Å²) in [6, 6.07) is 0. The van der Waals surface area contributed by atoms with Gasteiger partial charge in [-0.1, -0.05) is 6.92 Å². The van der Waals surface area contributed by atoms with Gasteiger partial charge in [-0.25, -0.2) is 0 Å². The molecular formula is C7H14O2. The summed E-state index contributed by atoms with van der Waals surface area (Å²) in [5, 5.41) is 17.9. The van der Waals surface area contributed by atoms with Crippen molar-refractivity contribution in [2.75, 3.05) is 6.61 Å². The van der Waals surface area contributed by atoms with Gasteiger partial charge in [0.05, 0.1) is 6.10 Å². The van der Waals surface area contributed by atoms with Crippen molar-refractivity contribution in [2.24, 2.45) is 11.8 Å². The van der Waals surface area contributed by atoms with Crippen LogP contribution in [0.3, 0.4) is 0 Å². The van der Waals surface area contributed by atoms with E-state index in [1.165, 1.54) is 0 Å². The first-order valence-electron chi connectivity index (χ1n) is 3.54. The lowest BCUT2D eigenvalue weighted by atomic mass is 9.98. The van der Waals surface area contributed by atoms with E-state index in [0.29, 0.717) is 11.8 Å². The molecule has 2 nitrogen and oxygen atoms in total. The second-order valence-electron chi connectivity index (χ2n) is 2.95. The molecule has 0 heterocycles. The van der Waals surface area contributed by atoms with Crippen LogP contribution in [0.1, 0.15) is 19.8 Å². The fourth-order valence-electron chi connectivity index (χ4n) is 1.48. The van der Waals surface area contributed by atoms with E-state index in [9.17, 15) is 5.11 Å². The first kappa shape index (κ1) is 7.03. The van der Waals surface area contributed by atoms with Gasteiger partial charge in [-0.3, -0.25) is 0 Å². The van der Waals surface area contributed by atoms with Crippen LogP contribution in [0, 0.1) is 11.8 Å². The molecule has 1 aliphatic rings. The van der Waals surface area contributed by atoms with Crippen molar-refractivity contribution in [3.8, 4) is 0 Å². The highest BCUT2D eigenvalue weighted by Crippen LogP contribution is 2.30. The molecule has 1 unspecified atom stereocenters. The Kier molecular flexibility index (Phi) is 2.09. The monoisotopic (exact) mass is 130 g/mol. The molecule has 1 fully saturated rings. The Hall–Kier alpha value is -0.0800. The molecule has 54 valence electrons. The van der Waals surface area contributed by atoms with Crippen LogP contribution in [0.4, 0.5) is 0 Å². The van der Waals surface area contributed by atoms with E-state index in [2.05, 4.69) is 0 Å². The topological polar surface area (TPSA) is 40.5 Å². The highest BCUT2D eigenvalue weighted by atomic mass is 16.3. The lowest BCUT2D eigenvalue weighted by Gasteiger charge is -2.13. The molecule has 0 aromatic rings. The quantitative estimate of drug-likeness (QED) is 0.539. The summed E-state index contributed by atoms with van der Waals surface area (Å²) in [4.78, 5) is 0. The van der Waals surface area contributed by atoms with Crippen LogP contribution in [-0.2, 0) is 0 Å². The van der Waals surface area contributed by atoms with Gasteiger partial charge in [0.2, 0.25) is 0 Å². The summed E-state index contributed by atoms with van der Waals surface area (Å²) < 4.78 is 0. The molecule has 0 aliphatic heterocycles. The molecule has 0 aromatic carbocycles. The van der Waals surface area contributed by atoms with Crippen molar-refractivity contribution in [1.82, 2.24) is 0 Å². The second kappa shape index (κ2) is 2.67. The standard InChI is InChI=1S/C7H14O2/c1-5-6(4-8)2-3-7(5)9/h5-9H,2-4H2,1H3/t5-,6-,7?/m0/s1. The van der Waals surface area contributed by atoms with E-state index in [0.717, 1.165) is 12.8 Å². The van der Waals surface area contributed by atoms with Crippen molar-refractivity contribution < 1.29 is 10.2 Å². The predicted molar refractivity (Wildman–Crippen MR) is 35.0 cm³/mol. The molecule has 0 saturated heterocycles. The third kappa shape index (κ3) is 1.25. The van der Waals surface area contributed by atoms with E-state index in [4.69, 9.17) is 5.11 Å². The smallest absolute Gasteiger partial charge is 0.0569 e. The zero-order valence-electron chi connectivity index (χ0n) is 5.75. The zero-order chi connectivity index (χ0) is 6.85. The largest absolute Gasteiger partial charge is 0.396 e. The highest BCUT2D eigenvalue weighted by molar-refractivity contribution is 4.80. The molecule has 1 aliphatic carbocycles. The number of hydrogen-bond acceptors (Lipinski definition) is 2. The predicted octanol–water partition coefficient (Wildman–Crippen LogP) is 0.386. The summed E-state index contributed by atoms with van der Waals surface area (Å²) in [5.41, 5.74) is 0. The fraction of sp³-hybridized carbons (Fsp3) is 1.00. The van der Waals surface area contributed by atoms with E-state index in [1.54, 1.807) is 0 Å². The Balaban J connectivity index is 2.41. The third-order valence-corrected chi connectivity index (χ3v) is 2.42. The van der Waals surface area contributed by atoms with Crippen LogP contribution < -0.4 is 0 Å². The molecule has 9 heavy (non-hydrogen) atoms. The van der Waals surface area contributed by atoms with Gasteiger partial charge in [-0.05, 0) is 24.7 Å². The van der Waals surface area contributed by atoms with Crippen LogP contribution in [-0.4, -0.2) is 22.9 Å². The normalized spacial score (nSPS) is 43.7. The summed E-state index contributed by atoms with van der Waals surface area (Å²) >= 11 is 0. The van der Waals surface area contributed by atoms with Crippen molar-refractivity contribution >= 4 is 0 Å². The van der Waals surface area contributed by atoms with Crippen LogP contribution >= 0.6 is 0 Å². The van der Waals surface area contributed by atoms with Gasteiger partial charge >= 0.3 is 0 Å². The number of aliphatic hydroxyl groups is 2. The molecule has 2 N–H and O–H groups in total. The highest BCUT2D eigenvalue weighted by Gasteiger charge is 2.30.